The summed E-state index contributed by atoms with van der Waals surface area (Å²) in [5.41, 5.74) is 8.11. The molecule has 8 nitrogen and oxygen atoms in total. The van der Waals surface area contributed by atoms with Crippen LogP contribution < -0.4 is 16.2 Å². The molecule has 1 fully saturated rings. The Hall–Kier alpha value is -2.32. The number of amides is 2. The minimum absolute atomic E-state index is 0.0226. The lowest BCUT2D eigenvalue weighted by Gasteiger charge is -2.30. The minimum Gasteiger partial charge on any atom is -0.508 e. The van der Waals surface area contributed by atoms with Gasteiger partial charge in [0.1, 0.15) is 5.75 Å². The molecule has 2 rings (SSSR count). The van der Waals surface area contributed by atoms with E-state index in [1.807, 2.05) is 0 Å². The van der Waals surface area contributed by atoms with E-state index < -0.39 is 12.0 Å². The van der Waals surface area contributed by atoms with E-state index in [9.17, 15) is 14.7 Å². The average molecular weight is 266 g/mol. The number of rotatable bonds is 3. The van der Waals surface area contributed by atoms with Crippen LogP contribution in [0.2, 0.25) is 0 Å². The van der Waals surface area contributed by atoms with E-state index in [1.165, 1.54) is 23.3 Å². The number of carbonyl (C=O) groups is 2. The van der Waals surface area contributed by atoms with Crippen LogP contribution in [-0.2, 0) is 0 Å². The molecule has 5 N–H and O–H groups in total. The predicted molar refractivity (Wildman–Crippen MR) is 66.5 cm³/mol. The summed E-state index contributed by atoms with van der Waals surface area (Å²) >= 11 is 0. The molecule has 19 heavy (non-hydrogen) atoms. The Morgan fingerprint density at radius 1 is 1.42 bits per heavy atom. The lowest BCUT2D eigenvalue weighted by molar-refractivity contribution is 0.0697. The summed E-state index contributed by atoms with van der Waals surface area (Å²) in [4.78, 5) is 22.7. The molecule has 8 heteroatoms. The van der Waals surface area contributed by atoms with Crippen molar-refractivity contribution in [1.82, 2.24) is 10.5 Å². The topological polar surface area (TPSA) is 119 Å². The molecule has 1 aromatic carbocycles. The van der Waals surface area contributed by atoms with Gasteiger partial charge < -0.3 is 15.9 Å². The van der Waals surface area contributed by atoms with Gasteiger partial charge in [0.15, 0.2) is 0 Å². The Kier molecular flexibility index (Phi) is 3.54. The Bertz CT molecular complexity index is 513. The van der Waals surface area contributed by atoms with Crippen molar-refractivity contribution in [2.24, 2.45) is 5.73 Å². The number of primary amides is 1. The fourth-order valence-corrected chi connectivity index (χ4v) is 1.93. The number of hydrogen-bond acceptors (Lipinski definition) is 5. The molecule has 1 aromatic rings. The molecule has 0 radical (unpaired) electrons. The first-order valence-electron chi connectivity index (χ1n) is 5.67. The number of aromatic carboxylic acids is 1. The van der Waals surface area contributed by atoms with Gasteiger partial charge in [0.05, 0.1) is 11.3 Å². The standard InChI is InChI=1S/C11H14N4O4/c12-11(19)15(14-5-1-4-13-14)9-6-7(16)2-3-8(9)10(17)18/h2-3,6,13,16H,1,4-5H2,(H2,12,19)(H,17,18). The summed E-state index contributed by atoms with van der Waals surface area (Å²) in [6.07, 6.45) is 0.797. The first-order chi connectivity index (χ1) is 9.00. The van der Waals surface area contributed by atoms with Crippen LogP contribution in [0.4, 0.5) is 10.5 Å². The normalized spacial score (nSPS) is 15.4. The van der Waals surface area contributed by atoms with Gasteiger partial charge >= 0.3 is 12.0 Å². The summed E-state index contributed by atoms with van der Waals surface area (Å²) in [5, 5.41) is 21.1. The van der Waals surface area contributed by atoms with Gasteiger partial charge in [-0.15, -0.1) is 5.12 Å². The summed E-state index contributed by atoms with van der Waals surface area (Å²) < 4.78 is 0. The van der Waals surface area contributed by atoms with Crippen molar-refractivity contribution in [3.8, 4) is 5.75 Å². The second-order valence-electron chi connectivity index (χ2n) is 4.04. The number of benzene rings is 1. The van der Waals surface area contributed by atoms with Crippen LogP contribution >= 0.6 is 0 Å². The van der Waals surface area contributed by atoms with Crippen LogP contribution in [0.3, 0.4) is 0 Å². The number of anilines is 1. The third kappa shape index (κ3) is 2.59. The first kappa shape index (κ1) is 13.1. The van der Waals surface area contributed by atoms with E-state index in [4.69, 9.17) is 10.8 Å². The number of carboxylic acids is 1. The van der Waals surface area contributed by atoms with Crippen molar-refractivity contribution >= 4 is 17.7 Å². The summed E-state index contributed by atoms with van der Waals surface area (Å²) in [6, 6.07) is 2.82. The number of phenolic OH excluding ortho intramolecular Hbond substituents is 1. The molecule has 2 amide bonds. The molecule has 0 unspecified atom stereocenters. The molecule has 1 aliphatic heterocycles. The maximum absolute atomic E-state index is 11.6. The van der Waals surface area contributed by atoms with Gasteiger partial charge in [-0.05, 0) is 18.6 Å². The SMILES string of the molecule is NC(=O)N(c1cc(O)ccc1C(=O)O)N1CCCN1. The Balaban J connectivity index is 2.48. The molecular formula is C11H14N4O4. The highest BCUT2D eigenvalue weighted by molar-refractivity contribution is 6.00. The van der Waals surface area contributed by atoms with Crippen LogP contribution in [0.25, 0.3) is 0 Å². The van der Waals surface area contributed by atoms with Crippen LogP contribution in [0, 0.1) is 0 Å². The van der Waals surface area contributed by atoms with Crippen LogP contribution in [0.1, 0.15) is 16.8 Å². The van der Waals surface area contributed by atoms with E-state index in [-0.39, 0.29) is 17.0 Å². The van der Waals surface area contributed by atoms with E-state index >= 15 is 0 Å². The third-order valence-electron chi connectivity index (χ3n) is 2.73. The quantitative estimate of drug-likeness (QED) is 0.616. The average Bonchev–Trinajstić information content (AvgIpc) is 2.82. The van der Waals surface area contributed by atoms with Gasteiger partial charge in [-0.25, -0.2) is 20.0 Å². The number of phenols is 1. The molecular weight excluding hydrogens is 252 g/mol. The smallest absolute Gasteiger partial charge is 0.337 e. The van der Waals surface area contributed by atoms with Gasteiger partial charge in [0.2, 0.25) is 0 Å². The molecule has 102 valence electrons. The maximum atomic E-state index is 11.6. The molecule has 0 aromatic heterocycles. The number of hydrazine groups is 2. The molecule has 0 aliphatic carbocycles. The van der Waals surface area contributed by atoms with Gasteiger partial charge in [0, 0.05) is 19.2 Å². The van der Waals surface area contributed by atoms with E-state index in [0.717, 1.165) is 11.4 Å². The largest absolute Gasteiger partial charge is 0.508 e. The van der Waals surface area contributed by atoms with Crippen molar-refractivity contribution in [3.05, 3.63) is 23.8 Å². The summed E-state index contributed by atoms with van der Waals surface area (Å²) in [6.45, 7) is 1.17. The lowest BCUT2D eigenvalue weighted by Crippen LogP contribution is -2.53. The number of nitrogens with one attached hydrogen (secondary N) is 1. The highest BCUT2D eigenvalue weighted by atomic mass is 16.4. The number of carbonyl (C=O) groups excluding carboxylic acids is 1. The summed E-state index contributed by atoms with van der Waals surface area (Å²) in [5.74, 6) is -1.36. The van der Waals surface area contributed by atoms with Gasteiger partial charge in [-0.3, -0.25) is 0 Å². The number of urea groups is 1. The highest BCUT2D eigenvalue weighted by Crippen LogP contribution is 2.27. The first-order valence-corrected chi connectivity index (χ1v) is 5.67. The number of hydrogen-bond donors (Lipinski definition) is 4. The second-order valence-corrected chi connectivity index (χ2v) is 4.04. The van der Waals surface area contributed by atoms with Crippen LogP contribution in [0.15, 0.2) is 18.2 Å². The number of nitrogens with two attached hydrogens (primary N) is 1. The monoisotopic (exact) mass is 266 g/mol. The van der Waals surface area contributed by atoms with E-state index in [2.05, 4.69) is 5.43 Å². The maximum Gasteiger partial charge on any atom is 0.337 e. The minimum atomic E-state index is -1.21. The van der Waals surface area contributed by atoms with Gasteiger partial charge in [0.25, 0.3) is 0 Å². The third-order valence-corrected chi connectivity index (χ3v) is 2.73. The van der Waals surface area contributed by atoms with Crippen molar-refractivity contribution < 1.29 is 19.8 Å². The Morgan fingerprint density at radius 3 is 2.68 bits per heavy atom. The molecule has 1 saturated heterocycles. The molecule has 0 atom stereocenters. The zero-order valence-corrected chi connectivity index (χ0v) is 10.0. The molecule has 0 bridgehead atoms. The zero-order valence-electron chi connectivity index (χ0n) is 10.0. The van der Waals surface area contributed by atoms with E-state index in [0.29, 0.717) is 13.1 Å². The predicted octanol–water partition coefficient (Wildman–Crippen LogP) is 0.101. The van der Waals surface area contributed by atoms with Gasteiger partial charge in [-0.1, -0.05) is 0 Å². The molecule has 1 heterocycles. The highest BCUT2D eigenvalue weighted by Gasteiger charge is 2.28. The zero-order chi connectivity index (χ0) is 14.0. The molecule has 0 spiro atoms. The van der Waals surface area contributed by atoms with Crippen LogP contribution in [0.5, 0.6) is 5.75 Å². The number of nitrogens with zero attached hydrogens (tertiary/aromatic N) is 2. The van der Waals surface area contributed by atoms with Crippen molar-refractivity contribution in [1.29, 1.82) is 0 Å². The van der Waals surface area contributed by atoms with E-state index in [1.54, 1.807) is 0 Å². The molecule has 1 aliphatic rings. The second kappa shape index (κ2) is 5.12. The van der Waals surface area contributed by atoms with Gasteiger partial charge in [-0.2, -0.15) is 0 Å². The fraction of sp³-hybridized carbons (Fsp3) is 0.273. The lowest BCUT2D eigenvalue weighted by atomic mass is 10.1. The van der Waals surface area contributed by atoms with Crippen molar-refractivity contribution in [3.63, 3.8) is 0 Å². The molecule has 0 saturated carbocycles. The Morgan fingerprint density at radius 2 is 2.16 bits per heavy atom. The fourth-order valence-electron chi connectivity index (χ4n) is 1.93. The Labute approximate surface area is 109 Å². The number of aromatic hydroxyl groups is 1. The van der Waals surface area contributed by atoms with Crippen molar-refractivity contribution in [2.45, 2.75) is 6.42 Å². The number of carboxylic acid groups (broad SMARTS) is 1. The van der Waals surface area contributed by atoms with Crippen molar-refractivity contribution in [2.75, 3.05) is 18.1 Å². The van der Waals surface area contributed by atoms with Crippen LogP contribution in [-0.4, -0.2) is 40.4 Å². The summed E-state index contributed by atoms with van der Waals surface area (Å²) in [7, 11) is 0.